The average molecular weight is 296 g/mol. The van der Waals surface area contributed by atoms with Gasteiger partial charge in [-0.05, 0) is 32.3 Å². The van der Waals surface area contributed by atoms with E-state index in [1.54, 1.807) is 12.1 Å². The molecule has 1 fully saturated rings. The van der Waals surface area contributed by atoms with Crippen LogP contribution in [0.25, 0.3) is 0 Å². The fourth-order valence-corrected chi connectivity index (χ4v) is 2.72. The molecule has 0 saturated carbocycles. The SMILES string of the molecule is CC(=O)Oc1cc(N2CCCCC2)c(Cl)cc1C(C)=O. The number of ketones is 1. The Morgan fingerprint density at radius 2 is 1.80 bits per heavy atom. The Hall–Kier alpha value is -1.55. The highest BCUT2D eigenvalue weighted by Gasteiger charge is 2.19. The summed E-state index contributed by atoms with van der Waals surface area (Å²) in [6.45, 7) is 4.61. The van der Waals surface area contributed by atoms with Gasteiger partial charge in [0.15, 0.2) is 5.78 Å². The van der Waals surface area contributed by atoms with Crippen molar-refractivity contribution >= 4 is 29.0 Å². The van der Waals surface area contributed by atoms with Gasteiger partial charge in [-0.3, -0.25) is 9.59 Å². The lowest BCUT2D eigenvalue weighted by atomic mass is 10.1. The Kier molecular flexibility index (Phi) is 4.65. The number of carbonyl (C=O) groups excluding carboxylic acids is 2. The van der Waals surface area contributed by atoms with Crippen molar-refractivity contribution in [3.63, 3.8) is 0 Å². The molecule has 0 amide bonds. The zero-order valence-corrected chi connectivity index (χ0v) is 12.5. The minimum absolute atomic E-state index is 0.173. The van der Waals surface area contributed by atoms with Crippen LogP contribution in [-0.2, 0) is 4.79 Å². The lowest BCUT2D eigenvalue weighted by Crippen LogP contribution is -2.29. The highest BCUT2D eigenvalue weighted by atomic mass is 35.5. The van der Waals surface area contributed by atoms with E-state index in [9.17, 15) is 9.59 Å². The van der Waals surface area contributed by atoms with E-state index in [1.807, 2.05) is 0 Å². The minimum atomic E-state index is -0.445. The Morgan fingerprint density at radius 3 is 2.35 bits per heavy atom. The summed E-state index contributed by atoms with van der Waals surface area (Å²) in [5.74, 6) is -0.331. The highest BCUT2D eigenvalue weighted by Crippen LogP contribution is 2.35. The smallest absolute Gasteiger partial charge is 0.308 e. The van der Waals surface area contributed by atoms with Gasteiger partial charge in [0.25, 0.3) is 0 Å². The molecule has 108 valence electrons. The number of anilines is 1. The Labute approximate surface area is 123 Å². The number of Topliss-reactive ketones (excluding diaryl/α,β-unsaturated/α-hetero) is 1. The van der Waals surface area contributed by atoms with Gasteiger partial charge in [-0.15, -0.1) is 0 Å². The molecular weight excluding hydrogens is 278 g/mol. The van der Waals surface area contributed by atoms with E-state index in [-0.39, 0.29) is 11.5 Å². The van der Waals surface area contributed by atoms with Crippen LogP contribution in [0.15, 0.2) is 12.1 Å². The normalized spacial score (nSPS) is 15.1. The monoisotopic (exact) mass is 295 g/mol. The molecule has 1 aliphatic rings. The summed E-state index contributed by atoms with van der Waals surface area (Å²) >= 11 is 6.28. The Balaban J connectivity index is 2.42. The molecule has 0 radical (unpaired) electrons. The van der Waals surface area contributed by atoms with Crippen molar-refractivity contribution in [1.29, 1.82) is 0 Å². The van der Waals surface area contributed by atoms with Crippen molar-refractivity contribution in [2.24, 2.45) is 0 Å². The van der Waals surface area contributed by atoms with E-state index in [2.05, 4.69) is 4.90 Å². The van der Waals surface area contributed by atoms with Crippen LogP contribution < -0.4 is 9.64 Å². The van der Waals surface area contributed by atoms with Crippen molar-refractivity contribution in [3.05, 3.63) is 22.7 Å². The number of benzene rings is 1. The van der Waals surface area contributed by atoms with E-state index in [0.29, 0.717) is 10.6 Å². The van der Waals surface area contributed by atoms with Crippen LogP contribution in [0, 0.1) is 0 Å². The molecule has 1 saturated heterocycles. The maximum Gasteiger partial charge on any atom is 0.308 e. The first-order valence-corrected chi connectivity index (χ1v) is 7.14. The topological polar surface area (TPSA) is 46.6 Å². The molecule has 0 spiro atoms. The van der Waals surface area contributed by atoms with Crippen molar-refractivity contribution in [3.8, 4) is 5.75 Å². The van der Waals surface area contributed by atoms with Crippen LogP contribution in [0.2, 0.25) is 5.02 Å². The molecule has 0 aromatic heterocycles. The number of esters is 1. The molecule has 2 rings (SSSR count). The summed E-state index contributed by atoms with van der Waals surface area (Å²) in [5, 5.41) is 0.521. The molecule has 0 atom stereocenters. The number of hydrogen-bond acceptors (Lipinski definition) is 4. The average Bonchev–Trinajstić information content (AvgIpc) is 2.40. The largest absolute Gasteiger partial charge is 0.426 e. The summed E-state index contributed by atoms with van der Waals surface area (Å²) < 4.78 is 5.15. The van der Waals surface area contributed by atoms with Gasteiger partial charge in [-0.25, -0.2) is 0 Å². The second kappa shape index (κ2) is 6.27. The maximum absolute atomic E-state index is 11.6. The van der Waals surface area contributed by atoms with Crippen LogP contribution in [0.4, 0.5) is 5.69 Å². The fourth-order valence-electron chi connectivity index (χ4n) is 2.43. The van der Waals surface area contributed by atoms with Gasteiger partial charge in [0.2, 0.25) is 0 Å². The van der Waals surface area contributed by atoms with Crippen molar-refractivity contribution in [1.82, 2.24) is 0 Å². The van der Waals surface area contributed by atoms with Gasteiger partial charge in [0, 0.05) is 26.1 Å². The third-order valence-corrected chi connectivity index (χ3v) is 3.68. The van der Waals surface area contributed by atoms with Crippen LogP contribution in [0.1, 0.15) is 43.5 Å². The lowest BCUT2D eigenvalue weighted by molar-refractivity contribution is -0.131. The van der Waals surface area contributed by atoms with Crippen molar-refractivity contribution in [2.75, 3.05) is 18.0 Å². The molecule has 0 aliphatic carbocycles. The number of hydrogen-bond donors (Lipinski definition) is 0. The number of carbonyl (C=O) groups is 2. The zero-order chi connectivity index (χ0) is 14.7. The summed E-state index contributed by atoms with van der Waals surface area (Å²) in [6.07, 6.45) is 3.46. The van der Waals surface area contributed by atoms with Gasteiger partial charge in [0.1, 0.15) is 5.75 Å². The quantitative estimate of drug-likeness (QED) is 0.487. The first kappa shape index (κ1) is 14.9. The number of halogens is 1. The second-order valence-electron chi connectivity index (χ2n) is 5.00. The summed E-state index contributed by atoms with van der Waals surface area (Å²) in [6, 6.07) is 3.29. The molecule has 0 bridgehead atoms. The number of nitrogens with zero attached hydrogens (tertiary/aromatic N) is 1. The zero-order valence-electron chi connectivity index (χ0n) is 11.7. The van der Waals surface area contributed by atoms with E-state index in [0.717, 1.165) is 31.6 Å². The summed E-state index contributed by atoms with van der Waals surface area (Å²) in [7, 11) is 0. The maximum atomic E-state index is 11.6. The van der Waals surface area contributed by atoms with Crippen LogP contribution in [0.3, 0.4) is 0 Å². The molecule has 0 unspecified atom stereocenters. The highest BCUT2D eigenvalue weighted by molar-refractivity contribution is 6.33. The predicted molar refractivity (Wildman–Crippen MR) is 78.8 cm³/mol. The van der Waals surface area contributed by atoms with E-state index < -0.39 is 5.97 Å². The molecule has 0 N–H and O–H groups in total. The van der Waals surface area contributed by atoms with Crippen LogP contribution in [0.5, 0.6) is 5.75 Å². The molecule has 4 nitrogen and oxygen atoms in total. The first-order valence-electron chi connectivity index (χ1n) is 6.77. The van der Waals surface area contributed by atoms with Gasteiger partial charge in [-0.1, -0.05) is 11.6 Å². The number of ether oxygens (including phenoxy) is 1. The predicted octanol–water partition coefficient (Wildman–Crippen LogP) is 3.46. The van der Waals surface area contributed by atoms with Gasteiger partial charge >= 0.3 is 5.97 Å². The van der Waals surface area contributed by atoms with Gasteiger partial charge in [0.05, 0.1) is 16.3 Å². The Morgan fingerprint density at radius 1 is 1.15 bits per heavy atom. The first-order chi connectivity index (χ1) is 9.49. The van der Waals surface area contributed by atoms with E-state index in [4.69, 9.17) is 16.3 Å². The van der Waals surface area contributed by atoms with Crippen molar-refractivity contribution < 1.29 is 14.3 Å². The van der Waals surface area contributed by atoms with Crippen LogP contribution >= 0.6 is 11.6 Å². The molecule has 1 heterocycles. The third-order valence-electron chi connectivity index (χ3n) is 3.38. The summed E-state index contributed by atoms with van der Waals surface area (Å²) in [4.78, 5) is 25.0. The van der Waals surface area contributed by atoms with E-state index >= 15 is 0 Å². The summed E-state index contributed by atoms with van der Waals surface area (Å²) in [5.41, 5.74) is 1.17. The number of piperidine rings is 1. The second-order valence-corrected chi connectivity index (χ2v) is 5.40. The fraction of sp³-hybridized carbons (Fsp3) is 0.467. The van der Waals surface area contributed by atoms with Crippen molar-refractivity contribution in [2.45, 2.75) is 33.1 Å². The molecule has 1 aromatic rings. The molecule has 20 heavy (non-hydrogen) atoms. The minimum Gasteiger partial charge on any atom is -0.426 e. The molecule has 1 aliphatic heterocycles. The Bertz CT molecular complexity index is 536. The van der Waals surface area contributed by atoms with Gasteiger partial charge in [-0.2, -0.15) is 0 Å². The third kappa shape index (κ3) is 3.31. The molecule has 5 heteroatoms. The standard InChI is InChI=1S/C15H18ClNO3/c1-10(18)12-8-13(16)14(9-15(12)20-11(2)19)17-6-4-3-5-7-17/h8-9H,3-7H2,1-2H3. The number of rotatable bonds is 3. The molecule has 1 aromatic carbocycles. The van der Waals surface area contributed by atoms with Crippen LogP contribution in [-0.4, -0.2) is 24.8 Å². The molecular formula is C15H18ClNO3. The van der Waals surface area contributed by atoms with Gasteiger partial charge < -0.3 is 9.64 Å². The van der Waals surface area contributed by atoms with E-state index in [1.165, 1.54) is 20.3 Å². The lowest BCUT2D eigenvalue weighted by Gasteiger charge is -2.30.